The molecular weight excluding hydrogens is 336 g/mol. The summed E-state index contributed by atoms with van der Waals surface area (Å²) in [5.41, 5.74) is 5.00. The Labute approximate surface area is 148 Å². The Balaban J connectivity index is 1.72. The number of nitrogens with zero attached hydrogens (tertiary/aromatic N) is 2. The van der Waals surface area contributed by atoms with Crippen LogP contribution in [0.15, 0.2) is 63.0 Å². The second-order valence-electron chi connectivity index (χ2n) is 5.85. The van der Waals surface area contributed by atoms with Crippen LogP contribution in [0.2, 0.25) is 0 Å². The molecule has 3 aromatic rings. The number of carbonyl (C=O) groups excluding carboxylic acids is 1. The Hall–Kier alpha value is -2.24. The van der Waals surface area contributed by atoms with Crippen LogP contribution in [0.4, 0.5) is 0 Å². The van der Waals surface area contributed by atoms with Crippen molar-refractivity contribution in [2.45, 2.75) is 19.4 Å². The van der Waals surface area contributed by atoms with Crippen LogP contribution in [-0.2, 0) is 0 Å². The maximum absolute atomic E-state index is 13.0. The van der Waals surface area contributed by atoms with Crippen molar-refractivity contribution in [2.24, 2.45) is 5.10 Å². The average molecular weight is 352 g/mol. The molecule has 0 bridgehead atoms. The van der Waals surface area contributed by atoms with E-state index in [1.807, 2.05) is 41.9 Å². The van der Waals surface area contributed by atoms with Crippen molar-refractivity contribution >= 4 is 34.3 Å². The quantitative estimate of drug-likeness (QED) is 0.645. The van der Waals surface area contributed by atoms with Crippen LogP contribution in [0, 0.1) is 6.92 Å². The van der Waals surface area contributed by atoms with E-state index in [0.29, 0.717) is 5.56 Å². The molecule has 0 N–H and O–H groups in total. The second-order valence-corrected chi connectivity index (χ2v) is 7.41. The fourth-order valence-electron chi connectivity index (χ4n) is 2.94. The minimum atomic E-state index is -0.0415. The van der Waals surface area contributed by atoms with Crippen LogP contribution in [-0.4, -0.2) is 16.6 Å². The normalized spacial score (nSPS) is 17.1. The zero-order valence-electron chi connectivity index (χ0n) is 13.2. The van der Waals surface area contributed by atoms with Crippen LogP contribution in [0.25, 0.3) is 0 Å². The molecule has 0 aliphatic carbocycles. The summed E-state index contributed by atoms with van der Waals surface area (Å²) in [6.07, 6.45) is 0.755. The summed E-state index contributed by atoms with van der Waals surface area (Å²) >= 11 is 3.30. The Morgan fingerprint density at radius 1 is 1.17 bits per heavy atom. The molecular formula is C19H16N2OS2. The molecule has 0 fully saturated rings. The number of rotatable bonds is 3. The molecule has 0 saturated heterocycles. The van der Waals surface area contributed by atoms with Crippen LogP contribution >= 0.6 is 22.7 Å². The van der Waals surface area contributed by atoms with Gasteiger partial charge in [-0.05, 0) is 58.3 Å². The van der Waals surface area contributed by atoms with Crippen LogP contribution < -0.4 is 0 Å². The number of aryl methyl sites for hydroxylation is 1. The van der Waals surface area contributed by atoms with Gasteiger partial charge in [0.1, 0.15) is 0 Å². The molecule has 1 atom stereocenters. The lowest BCUT2D eigenvalue weighted by molar-refractivity contribution is 0.0711. The number of benzene rings is 1. The van der Waals surface area contributed by atoms with Crippen molar-refractivity contribution < 1.29 is 4.79 Å². The zero-order valence-corrected chi connectivity index (χ0v) is 14.8. The van der Waals surface area contributed by atoms with Gasteiger partial charge in [0.05, 0.1) is 11.8 Å². The molecule has 3 heterocycles. The van der Waals surface area contributed by atoms with Crippen LogP contribution in [0.3, 0.4) is 0 Å². The molecule has 120 valence electrons. The molecule has 0 saturated carbocycles. The highest BCUT2D eigenvalue weighted by atomic mass is 32.1. The summed E-state index contributed by atoms with van der Waals surface area (Å²) in [5.74, 6) is -0.0415. The van der Waals surface area contributed by atoms with Gasteiger partial charge in [0, 0.05) is 17.5 Å². The first kappa shape index (κ1) is 15.3. The Morgan fingerprint density at radius 2 is 2.00 bits per heavy atom. The van der Waals surface area contributed by atoms with E-state index in [0.717, 1.165) is 28.8 Å². The molecule has 1 aliphatic rings. The van der Waals surface area contributed by atoms with Crippen molar-refractivity contribution in [1.29, 1.82) is 0 Å². The molecule has 0 radical (unpaired) electrons. The number of thiophene rings is 2. The van der Waals surface area contributed by atoms with Gasteiger partial charge < -0.3 is 0 Å². The lowest BCUT2D eigenvalue weighted by Gasteiger charge is -2.21. The smallest absolute Gasteiger partial charge is 0.267 e. The van der Waals surface area contributed by atoms with Gasteiger partial charge in [0.15, 0.2) is 0 Å². The molecule has 3 nitrogen and oxygen atoms in total. The molecule has 1 aliphatic heterocycles. The number of hydrazone groups is 1. The highest BCUT2D eigenvalue weighted by Crippen LogP contribution is 2.35. The topological polar surface area (TPSA) is 32.7 Å². The lowest BCUT2D eigenvalue weighted by atomic mass is 10.0. The van der Waals surface area contributed by atoms with Gasteiger partial charge in [-0.15, -0.1) is 0 Å². The predicted molar refractivity (Wildman–Crippen MR) is 99.9 cm³/mol. The van der Waals surface area contributed by atoms with E-state index in [2.05, 4.69) is 28.0 Å². The van der Waals surface area contributed by atoms with E-state index < -0.39 is 0 Å². The molecule has 1 amide bonds. The van der Waals surface area contributed by atoms with Gasteiger partial charge in [0.25, 0.3) is 5.91 Å². The van der Waals surface area contributed by atoms with Crippen molar-refractivity contribution in [2.75, 3.05) is 0 Å². The summed E-state index contributed by atoms with van der Waals surface area (Å²) in [6.45, 7) is 2.00. The highest BCUT2D eigenvalue weighted by molar-refractivity contribution is 7.08. The van der Waals surface area contributed by atoms with Gasteiger partial charge in [-0.2, -0.15) is 27.8 Å². The molecule has 5 heteroatoms. The molecule has 4 rings (SSSR count). The van der Waals surface area contributed by atoms with E-state index in [1.165, 1.54) is 0 Å². The summed E-state index contributed by atoms with van der Waals surface area (Å²) in [5, 5.41) is 14.6. The average Bonchev–Trinajstić information content (AvgIpc) is 3.32. The van der Waals surface area contributed by atoms with Crippen LogP contribution in [0.5, 0.6) is 0 Å². The summed E-state index contributed by atoms with van der Waals surface area (Å²) in [6, 6.07) is 11.8. The Morgan fingerprint density at radius 3 is 2.71 bits per heavy atom. The highest BCUT2D eigenvalue weighted by Gasteiger charge is 2.33. The third-order valence-electron chi connectivity index (χ3n) is 4.17. The summed E-state index contributed by atoms with van der Waals surface area (Å²) < 4.78 is 0. The summed E-state index contributed by atoms with van der Waals surface area (Å²) in [4.78, 5) is 13.0. The Bertz CT molecular complexity index is 882. The number of carbonyl (C=O) groups is 1. The van der Waals surface area contributed by atoms with Crippen LogP contribution in [0.1, 0.15) is 39.5 Å². The van der Waals surface area contributed by atoms with E-state index in [1.54, 1.807) is 27.7 Å². The first-order valence-corrected chi connectivity index (χ1v) is 9.63. The van der Waals surface area contributed by atoms with Crippen molar-refractivity contribution in [3.63, 3.8) is 0 Å². The van der Waals surface area contributed by atoms with Gasteiger partial charge >= 0.3 is 0 Å². The van der Waals surface area contributed by atoms with Gasteiger partial charge in [0.2, 0.25) is 0 Å². The number of hydrogen-bond donors (Lipinski definition) is 0. The number of hydrogen-bond acceptors (Lipinski definition) is 4. The van der Waals surface area contributed by atoms with E-state index in [-0.39, 0.29) is 11.9 Å². The third-order valence-corrected chi connectivity index (χ3v) is 5.55. The molecule has 0 spiro atoms. The largest absolute Gasteiger partial charge is 0.274 e. The summed E-state index contributed by atoms with van der Waals surface area (Å²) in [7, 11) is 0. The molecule has 1 unspecified atom stereocenters. The van der Waals surface area contributed by atoms with E-state index in [9.17, 15) is 4.79 Å². The fourth-order valence-corrected chi connectivity index (χ4v) is 4.31. The van der Waals surface area contributed by atoms with Gasteiger partial charge in [-0.1, -0.05) is 17.7 Å². The fraction of sp³-hybridized carbons (Fsp3) is 0.158. The second kappa shape index (κ2) is 6.34. The molecule has 24 heavy (non-hydrogen) atoms. The van der Waals surface area contributed by atoms with E-state index in [4.69, 9.17) is 0 Å². The number of amides is 1. The maximum atomic E-state index is 13.0. The minimum Gasteiger partial charge on any atom is -0.267 e. The van der Waals surface area contributed by atoms with Crippen molar-refractivity contribution in [3.8, 4) is 0 Å². The van der Waals surface area contributed by atoms with Gasteiger partial charge in [-0.3, -0.25) is 4.79 Å². The Kier molecular flexibility index (Phi) is 4.04. The monoisotopic (exact) mass is 352 g/mol. The third kappa shape index (κ3) is 2.81. The first-order chi connectivity index (χ1) is 11.7. The van der Waals surface area contributed by atoms with Crippen molar-refractivity contribution in [1.82, 2.24) is 5.01 Å². The molecule has 2 aromatic heterocycles. The maximum Gasteiger partial charge on any atom is 0.274 e. The van der Waals surface area contributed by atoms with Gasteiger partial charge in [-0.25, -0.2) is 5.01 Å². The van der Waals surface area contributed by atoms with Crippen molar-refractivity contribution in [3.05, 3.63) is 80.2 Å². The minimum absolute atomic E-state index is 0.0286. The standard InChI is InChI=1S/C19H16N2OS2/c1-13-3-2-4-14(9-13)19(22)21-18(16-6-8-24-12-16)10-17(20-21)15-5-7-23-11-15/h2-9,11-12,18H,10H2,1H3. The predicted octanol–water partition coefficient (Wildman–Crippen LogP) is 5.11. The first-order valence-electron chi connectivity index (χ1n) is 7.75. The SMILES string of the molecule is Cc1cccc(C(=O)N2N=C(c3ccsc3)CC2c2ccsc2)c1. The van der Waals surface area contributed by atoms with E-state index >= 15 is 0 Å². The lowest BCUT2D eigenvalue weighted by Crippen LogP contribution is -2.26. The zero-order chi connectivity index (χ0) is 16.5. The molecule has 1 aromatic carbocycles.